The Kier molecular flexibility index (Phi) is 7.54. The molecule has 1 heterocycles. The number of esters is 1. The molecule has 0 radical (unpaired) electrons. The number of rotatable bonds is 8. The molecular formula is C23H28N2O5. The fourth-order valence-electron chi connectivity index (χ4n) is 3.44. The fourth-order valence-corrected chi connectivity index (χ4v) is 3.44. The van der Waals surface area contributed by atoms with Crippen molar-refractivity contribution >= 4 is 17.6 Å². The van der Waals surface area contributed by atoms with Crippen LogP contribution in [-0.2, 0) is 20.7 Å². The fraction of sp³-hybridized carbons (Fsp3) is 0.391. The maximum absolute atomic E-state index is 12.4. The molecule has 1 fully saturated rings. The van der Waals surface area contributed by atoms with E-state index in [0.29, 0.717) is 31.0 Å². The van der Waals surface area contributed by atoms with Crippen molar-refractivity contribution in [3.63, 3.8) is 0 Å². The molecule has 2 aromatic rings. The lowest BCUT2D eigenvalue weighted by molar-refractivity contribution is -0.152. The first kappa shape index (κ1) is 21.5. The number of nitrogens with zero attached hydrogens (tertiary/aromatic N) is 2. The van der Waals surface area contributed by atoms with Gasteiger partial charge in [-0.25, -0.2) is 0 Å². The largest absolute Gasteiger partial charge is 0.493 e. The number of ether oxygens (including phenoxy) is 3. The van der Waals surface area contributed by atoms with Crippen LogP contribution >= 0.6 is 0 Å². The van der Waals surface area contributed by atoms with Crippen LogP contribution in [-0.4, -0.2) is 63.8 Å². The van der Waals surface area contributed by atoms with Crippen molar-refractivity contribution < 1.29 is 23.8 Å². The number of amides is 1. The van der Waals surface area contributed by atoms with E-state index in [9.17, 15) is 9.59 Å². The molecule has 7 nitrogen and oxygen atoms in total. The van der Waals surface area contributed by atoms with Gasteiger partial charge in [-0.05, 0) is 36.2 Å². The minimum atomic E-state index is -0.388. The SMILES string of the molecule is COc1ccc(CCC(=O)OCC(=O)N2CCN(c3ccccc3)CC2)cc1OC. The van der Waals surface area contributed by atoms with E-state index in [-0.39, 0.29) is 24.9 Å². The number of carbonyl (C=O) groups excluding carboxylic acids is 2. The topological polar surface area (TPSA) is 68.3 Å². The maximum atomic E-state index is 12.4. The molecule has 0 spiro atoms. The standard InChI is InChI=1S/C23H28N2O5/c1-28-20-10-8-18(16-21(20)29-2)9-11-23(27)30-17-22(26)25-14-12-24(13-15-25)19-6-4-3-5-7-19/h3-8,10,16H,9,11-15,17H2,1-2H3. The van der Waals surface area contributed by atoms with Gasteiger partial charge in [0.2, 0.25) is 0 Å². The Labute approximate surface area is 177 Å². The van der Waals surface area contributed by atoms with Gasteiger partial charge < -0.3 is 24.0 Å². The maximum Gasteiger partial charge on any atom is 0.306 e. The summed E-state index contributed by atoms with van der Waals surface area (Å²) >= 11 is 0. The molecule has 0 aromatic heterocycles. The van der Waals surface area contributed by atoms with Crippen LogP contribution in [0.15, 0.2) is 48.5 Å². The van der Waals surface area contributed by atoms with Crippen molar-refractivity contribution in [1.29, 1.82) is 0 Å². The lowest BCUT2D eigenvalue weighted by Crippen LogP contribution is -2.49. The number of aryl methyl sites for hydroxylation is 1. The summed E-state index contributed by atoms with van der Waals surface area (Å²) in [6.07, 6.45) is 0.702. The molecule has 1 aliphatic rings. The first-order valence-corrected chi connectivity index (χ1v) is 10.0. The quantitative estimate of drug-likeness (QED) is 0.621. The first-order chi connectivity index (χ1) is 14.6. The highest BCUT2D eigenvalue weighted by molar-refractivity contribution is 5.81. The van der Waals surface area contributed by atoms with Gasteiger partial charge in [0.05, 0.1) is 14.2 Å². The highest BCUT2D eigenvalue weighted by Crippen LogP contribution is 2.28. The average Bonchev–Trinajstić information content (AvgIpc) is 2.81. The lowest BCUT2D eigenvalue weighted by atomic mass is 10.1. The van der Waals surface area contributed by atoms with Crippen molar-refractivity contribution in [2.75, 3.05) is 51.9 Å². The minimum Gasteiger partial charge on any atom is -0.493 e. The molecule has 1 amide bonds. The summed E-state index contributed by atoms with van der Waals surface area (Å²) < 4.78 is 15.7. The second-order valence-electron chi connectivity index (χ2n) is 7.05. The van der Waals surface area contributed by atoms with E-state index in [2.05, 4.69) is 17.0 Å². The van der Waals surface area contributed by atoms with Gasteiger partial charge in [0, 0.05) is 38.3 Å². The van der Waals surface area contributed by atoms with Gasteiger partial charge in [-0.1, -0.05) is 24.3 Å². The van der Waals surface area contributed by atoms with Crippen molar-refractivity contribution in [1.82, 2.24) is 4.90 Å². The molecule has 0 unspecified atom stereocenters. The minimum absolute atomic E-state index is 0.151. The number of piperazine rings is 1. The van der Waals surface area contributed by atoms with Crippen molar-refractivity contribution in [3.05, 3.63) is 54.1 Å². The van der Waals surface area contributed by atoms with E-state index in [1.54, 1.807) is 25.2 Å². The number of carbonyl (C=O) groups is 2. The van der Waals surface area contributed by atoms with Gasteiger partial charge in [0.15, 0.2) is 18.1 Å². The van der Waals surface area contributed by atoms with Gasteiger partial charge >= 0.3 is 5.97 Å². The smallest absolute Gasteiger partial charge is 0.306 e. The van der Waals surface area contributed by atoms with Gasteiger partial charge in [0.1, 0.15) is 0 Å². The number of hydrogen-bond acceptors (Lipinski definition) is 6. The molecular weight excluding hydrogens is 384 g/mol. The summed E-state index contributed by atoms with van der Waals surface area (Å²) in [5.74, 6) is 0.721. The van der Waals surface area contributed by atoms with Crippen molar-refractivity contribution in [2.24, 2.45) is 0 Å². The monoisotopic (exact) mass is 412 g/mol. The molecule has 3 rings (SSSR count). The molecule has 0 aliphatic carbocycles. The molecule has 160 valence electrons. The summed E-state index contributed by atoms with van der Waals surface area (Å²) in [7, 11) is 3.15. The van der Waals surface area contributed by atoms with Crippen LogP contribution in [0.1, 0.15) is 12.0 Å². The van der Waals surface area contributed by atoms with Crippen LogP contribution in [0.2, 0.25) is 0 Å². The van der Waals surface area contributed by atoms with Crippen LogP contribution < -0.4 is 14.4 Å². The Morgan fingerprint density at radius 1 is 0.900 bits per heavy atom. The summed E-state index contributed by atoms with van der Waals surface area (Å²) in [5.41, 5.74) is 2.10. The number of hydrogen-bond donors (Lipinski definition) is 0. The lowest BCUT2D eigenvalue weighted by Gasteiger charge is -2.36. The van der Waals surface area contributed by atoms with Crippen molar-refractivity contribution in [3.8, 4) is 11.5 Å². The number of para-hydroxylation sites is 1. The molecule has 0 N–H and O–H groups in total. The molecule has 30 heavy (non-hydrogen) atoms. The summed E-state index contributed by atoms with van der Waals surface area (Å²) in [6, 6.07) is 15.7. The summed E-state index contributed by atoms with van der Waals surface area (Å²) in [6.45, 7) is 2.57. The van der Waals surface area contributed by atoms with Crippen LogP contribution in [0.5, 0.6) is 11.5 Å². The molecule has 1 aliphatic heterocycles. The number of benzene rings is 2. The van der Waals surface area contributed by atoms with Crippen LogP contribution in [0.4, 0.5) is 5.69 Å². The van der Waals surface area contributed by atoms with E-state index >= 15 is 0 Å². The van der Waals surface area contributed by atoms with E-state index in [1.807, 2.05) is 30.3 Å². The Hall–Kier alpha value is -3.22. The van der Waals surface area contributed by atoms with E-state index in [4.69, 9.17) is 14.2 Å². The molecule has 0 saturated carbocycles. The van der Waals surface area contributed by atoms with Crippen molar-refractivity contribution in [2.45, 2.75) is 12.8 Å². The first-order valence-electron chi connectivity index (χ1n) is 10.0. The zero-order valence-electron chi connectivity index (χ0n) is 17.5. The second-order valence-corrected chi connectivity index (χ2v) is 7.05. The Balaban J connectivity index is 1.39. The van der Waals surface area contributed by atoms with Crippen LogP contribution in [0, 0.1) is 0 Å². The van der Waals surface area contributed by atoms with E-state index in [0.717, 1.165) is 24.3 Å². The number of methoxy groups -OCH3 is 2. The molecule has 7 heteroatoms. The predicted octanol–water partition coefficient (Wildman–Crippen LogP) is 2.53. The third-order valence-corrected chi connectivity index (χ3v) is 5.18. The predicted molar refractivity (Wildman–Crippen MR) is 114 cm³/mol. The molecule has 2 aromatic carbocycles. The summed E-state index contributed by atoms with van der Waals surface area (Å²) in [5, 5.41) is 0. The van der Waals surface area contributed by atoms with E-state index < -0.39 is 0 Å². The Morgan fingerprint density at radius 3 is 2.27 bits per heavy atom. The highest BCUT2D eigenvalue weighted by Gasteiger charge is 2.22. The Morgan fingerprint density at radius 2 is 1.60 bits per heavy atom. The highest BCUT2D eigenvalue weighted by atomic mass is 16.5. The van der Waals surface area contributed by atoms with Gasteiger partial charge in [-0.3, -0.25) is 9.59 Å². The van der Waals surface area contributed by atoms with Gasteiger partial charge in [-0.15, -0.1) is 0 Å². The molecule has 0 bridgehead atoms. The van der Waals surface area contributed by atoms with E-state index in [1.165, 1.54) is 0 Å². The zero-order valence-corrected chi connectivity index (χ0v) is 17.5. The third kappa shape index (κ3) is 5.65. The zero-order chi connectivity index (χ0) is 21.3. The van der Waals surface area contributed by atoms with Gasteiger partial charge in [-0.2, -0.15) is 0 Å². The second kappa shape index (κ2) is 10.5. The third-order valence-electron chi connectivity index (χ3n) is 5.18. The van der Waals surface area contributed by atoms with Crippen LogP contribution in [0.25, 0.3) is 0 Å². The average molecular weight is 412 g/mol. The normalized spacial score (nSPS) is 13.7. The molecule has 0 atom stereocenters. The Bertz CT molecular complexity index is 848. The number of anilines is 1. The van der Waals surface area contributed by atoms with Gasteiger partial charge in [0.25, 0.3) is 5.91 Å². The van der Waals surface area contributed by atoms with Crippen LogP contribution in [0.3, 0.4) is 0 Å². The molecule has 1 saturated heterocycles. The summed E-state index contributed by atoms with van der Waals surface area (Å²) in [4.78, 5) is 28.4.